The number of aromatic nitrogens is 2. The lowest BCUT2D eigenvalue weighted by Gasteiger charge is -2.30. The fourth-order valence-electron chi connectivity index (χ4n) is 2.66. The monoisotopic (exact) mass is 303 g/mol. The van der Waals surface area contributed by atoms with Gasteiger partial charge in [-0.2, -0.15) is 4.98 Å². The van der Waals surface area contributed by atoms with Crippen LogP contribution in [0.1, 0.15) is 37.0 Å². The lowest BCUT2D eigenvalue weighted by atomic mass is 9.83. The molecular formula is C16H21N3OS. The fraction of sp³-hybridized carbons (Fsp3) is 0.500. The quantitative estimate of drug-likeness (QED) is 0.878. The summed E-state index contributed by atoms with van der Waals surface area (Å²) in [6.07, 6.45) is 2.26. The summed E-state index contributed by atoms with van der Waals surface area (Å²) in [5, 5.41) is 7.56. The van der Waals surface area contributed by atoms with Crippen LogP contribution < -0.4 is 5.32 Å². The molecular weight excluding hydrogens is 282 g/mol. The molecule has 112 valence electrons. The molecule has 4 nitrogen and oxygen atoms in total. The van der Waals surface area contributed by atoms with Crippen LogP contribution in [-0.4, -0.2) is 23.2 Å². The molecule has 2 aromatic rings. The highest BCUT2D eigenvalue weighted by atomic mass is 32.2. The molecule has 1 aliphatic rings. The molecule has 1 saturated heterocycles. The molecule has 0 aliphatic carbocycles. The molecule has 2 heterocycles. The average Bonchev–Trinajstić information content (AvgIpc) is 2.97. The molecule has 3 rings (SSSR count). The molecule has 1 aromatic heterocycles. The Labute approximate surface area is 129 Å². The van der Waals surface area contributed by atoms with Gasteiger partial charge in [0, 0.05) is 11.4 Å². The summed E-state index contributed by atoms with van der Waals surface area (Å²) in [7, 11) is 0. The number of rotatable bonds is 4. The van der Waals surface area contributed by atoms with E-state index >= 15 is 0 Å². The first-order valence-corrected chi connectivity index (χ1v) is 8.38. The molecule has 21 heavy (non-hydrogen) atoms. The predicted molar refractivity (Wildman–Crippen MR) is 84.5 cm³/mol. The molecule has 1 N–H and O–H groups in total. The van der Waals surface area contributed by atoms with Gasteiger partial charge in [0.05, 0.1) is 11.2 Å². The number of piperidine rings is 1. The lowest BCUT2D eigenvalue weighted by molar-refractivity contribution is 0.245. The smallest absolute Gasteiger partial charge is 0.233 e. The molecule has 0 radical (unpaired) electrons. The van der Waals surface area contributed by atoms with E-state index in [-0.39, 0.29) is 5.41 Å². The van der Waals surface area contributed by atoms with Gasteiger partial charge in [-0.15, -0.1) is 11.8 Å². The third kappa shape index (κ3) is 3.30. The molecule has 1 unspecified atom stereocenters. The van der Waals surface area contributed by atoms with Gasteiger partial charge < -0.3 is 9.84 Å². The van der Waals surface area contributed by atoms with E-state index in [4.69, 9.17) is 4.52 Å². The molecule has 5 heteroatoms. The second kappa shape index (κ2) is 6.20. The fourth-order valence-corrected chi connectivity index (χ4v) is 3.53. The molecule has 0 amide bonds. The van der Waals surface area contributed by atoms with Crippen molar-refractivity contribution in [2.24, 2.45) is 0 Å². The van der Waals surface area contributed by atoms with Crippen molar-refractivity contribution in [3.05, 3.63) is 41.5 Å². The molecule has 1 fully saturated rings. The van der Waals surface area contributed by atoms with Crippen molar-refractivity contribution in [1.82, 2.24) is 15.5 Å². The van der Waals surface area contributed by atoms with Gasteiger partial charge in [0.25, 0.3) is 0 Å². The van der Waals surface area contributed by atoms with Gasteiger partial charge in [0.1, 0.15) is 0 Å². The van der Waals surface area contributed by atoms with Gasteiger partial charge in [-0.3, -0.25) is 0 Å². The number of nitrogens with one attached hydrogen (secondary N) is 1. The van der Waals surface area contributed by atoms with E-state index in [2.05, 4.69) is 53.6 Å². The third-order valence-electron chi connectivity index (χ3n) is 4.03. The second-order valence-corrected chi connectivity index (χ2v) is 6.93. The van der Waals surface area contributed by atoms with E-state index in [0.29, 0.717) is 0 Å². The zero-order valence-corrected chi connectivity index (χ0v) is 13.4. The SMILES string of the molecule is Cc1ccccc1SCc1noc(C2(C)CCCNC2)n1. The molecule has 0 saturated carbocycles. The van der Waals surface area contributed by atoms with Crippen LogP contribution in [0.3, 0.4) is 0 Å². The van der Waals surface area contributed by atoms with E-state index in [9.17, 15) is 0 Å². The van der Waals surface area contributed by atoms with Crippen molar-refractivity contribution in [3.63, 3.8) is 0 Å². The van der Waals surface area contributed by atoms with Gasteiger partial charge in [0.15, 0.2) is 5.82 Å². The van der Waals surface area contributed by atoms with Crippen LogP contribution in [0.2, 0.25) is 0 Å². The Morgan fingerprint density at radius 3 is 3.00 bits per heavy atom. The highest BCUT2D eigenvalue weighted by Crippen LogP contribution is 2.30. The Kier molecular flexibility index (Phi) is 4.31. The van der Waals surface area contributed by atoms with Gasteiger partial charge in [-0.1, -0.05) is 23.4 Å². The van der Waals surface area contributed by atoms with Crippen LogP contribution in [0.25, 0.3) is 0 Å². The van der Waals surface area contributed by atoms with Crippen molar-refractivity contribution in [1.29, 1.82) is 0 Å². The summed E-state index contributed by atoms with van der Waals surface area (Å²) < 4.78 is 5.51. The average molecular weight is 303 g/mol. The third-order valence-corrected chi connectivity index (χ3v) is 5.20. The van der Waals surface area contributed by atoms with Crippen molar-refractivity contribution in [3.8, 4) is 0 Å². The van der Waals surface area contributed by atoms with E-state index in [0.717, 1.165) is 43.4 Å². The Hall–Kier alpha value is -1.33. The summed E-state index contributed by atoms with van der Waals surface area (Å²) >= 11 is 1.76. The number of hydrogen-bond acceptors (Lipinski definition) is 5. The highest BCUT2D eigenvalue weighted by Gasteiger charge is 2.34. The van der Waals surface area contributed by atoms with Crippen LogP contribution in [-0.2, 0) is 11.2 Å². The van der Waals surface area contributed by atoms with Gasteiger partial charge >= 0.3 is 0 Å². The Morgan fingerprint density at radius 1 is 1.38 bits per heavy atom. The van der Waals surface area contributed by atoms with Crippen LogP contribution >= 0.6 is 11.8 Å². The van der Waals surface area contributed by atoms with E-state index in [1.807, 2.05) is 0 Å². The standard InChI is InChI=1S/C16H21N3OS/c1-12-6-3-4-7-13(12)21-10-14-18-15(20-19-14)16(2)8-5-9-17-11-16/h3-4,6-7,17H,5,8-11H2,1-2H3. The predicted octanol–water partition coefficient (Wildman–Crippen LogP) is 3.31. The van der Waals surface area contributed by atoms with E-state index in [1.165, 1.54) is 10.5 Å². The van der Waals surface area contributed by atoms with Crippen molar-refractivity contribution >= 4 is 11.8 Å². The first-order valence-electron chi connectivity index (χ1n) is 7.40. The first-order chi connectivity index (χ1) is 10.2. The number of aryl methyl sites for hydroxylation is 1. The normalized spacial score (nSPS) is 22.4. The molecule has 0 spiro atoms. The van der Waals surface area contributed by atoms with Gasteiger partial charge in [-0.05, 0) is 44.9 Å². The summed E-state index contributed by atoms with van der Waals surface area (Å²) in [6, 6.07) is 8.38. The molecule has 1 aliphatic heterocycles. The minimum absolute atomic E-state index is 0.0170. The van der Waals surface area contributed by atoms with Crippen LogP contribution in [0.15, 0.2) is 33.7 Å². The van der Waals surface area contributed by atoms with Crippen LogP contribution in [0.5, 0.6) is 0 Å². The van der Waals surface area contributed by atoms with Gasteiger partial charge in [0.2, 0.25) is 5.89 Å². The molecule has 1 aromatic carbocycles. The summed E-state index contributed by atoms with van der Waals surface area (Å²) in [4.78, 5) is 5.88. The molecule has 0 bridgehead atoms. The maximum Gasteiger partial charge on any atom is 0.233 e. The minimum atomic E-state index is -0.0170. The van der Waals surface area contributed by atoms with Crippen LogP contribution in [0.4, 0.5) is 0 Å². The maximum atomic E-state index is 5.51. The largest absolute Gasteiger partial charge is 0.339 e. The van der Waals surface area contributed by atoms with E-state index < -0.39 is 0 Å². The minimum Gasteiger partial charge on any atom is -0.339 e. The highest BCUT2D eigenvalue weighted by molar-refractivity contribution is 7.98. The zero-order valence-electron chi connectivity index (χ0n) is 12.6. The summed E-state index contributed by atoms with van der Waals surface area (Å²) in [5.41, 5.74) is 1.27. The number of thioether (sulfide) groups is 1. The van der Waals surface area contributed by atoms with Gasteiger partial charge in [-0.25, -0.2) is 0 Å². The maximum absolute atomic E-state index is 5.51. The second-order valence-electron chi connectivity index (χ2n) is 5.91. The number of hydrogen-bond donors (Lipinski definition) is 1. The Morgan fingerprint density at radius 2 is 2.24 bits per heavy atom. The van der Waals surface area contributed by atoms with E-state index in [1.54, 1.807) is 11.8 Å². The lowest BCUT2D eigenvalue weighted by Crippen LogP contribution is -2.41. The van der Waals surface area contributed by atoms with Crippen LogP contribution in [0, 0.1) is 6.92 Å². The van der Waals surface area contributed by atoms with Crippen molar-refractivity contribution < 1.29 is 4.52 Å². The first kappa shape index (κ1) is 14.6. The summed E-state index contributed by atoms with van der Waals surface area (Å²) in [5.74, 6) is 2.30. The Balaban J connectivity index is 1.67. The molecule has 1 atom stereocenters. The number of benzene rings is 1. The van der Waals surface area contributed by atoms with Crippen molar-refractivity contribution in [2.75, 3.05) is 13.1 Å². The summed E-state index contributed by atoms with van der Waals surface area (Å²) in [6.45, 7) is 6.32. The topological polar surface area (TPSA) is 51.0 Å². The zero-order chi connectivity index (χ0) is 14.7. The van der Waals surface area contributed by atoms with Crippen molar-refractivity contribution in [2.45, 2.75) is 42.8 Å². The number of nitrogens with zero attached hydrogens (tertiary/aromatic N) is 2. The Bertz CT molecular complexity index is 605.